The lowest BCUT2D eigenvalue weighted by molar-refractivity contribution is -0.137. The van der Waals surface area contributed by atoms with Crippen LogP contribution < -0.4 is 9.62 Å². The zero-order valence-electron chi connectivity index (χ0n) is 16.9. The van der Waals surface area contributed by atoms with Gasteiger partial charge in [0.15, 0.2) is 0 Å². The minimum Gasteiger partial charge on any atom is -0.478 e. The third kappa shape index (κ3) is 5.12. The van der Waals surface area contributed by atoms with E-state index in [-0.39, 0.29) is 21.8 Å². The monoisotopic (exact) mass is 456 g/mol. The molecule has 0 saturated carbocycles. The van der Waals surface area contributed by atoms with Crippen molar-refractivity contribution >= 4 is 27.4 Å². The van der Waals surface area contributed by atoms with Crippen molar-refractivity contribution in [2.75, 3.05) is 22.7 Å². The molecular weight excluding hydrogens is 433 g/mol. The quantitative estimate of drug-likeness (QED) is 0.655. The topological polar surface area (TPSA) is 86.7 Å². The predicted molar refractivity (Wildman–Crippen MR) is 111 cm³/mol. The van der Waals surface area contributed by atoms with Crippen LogP contribution in [0.1, 0.15) is 47.7 Å². The maximum absolute atomic E-state index is 13.3. The SMILES string of the molecule is CCc1ccc(C(=O)O)cc1S(=O)(=O)Nc1ccc(C(F)(F)F)cc1N1CCCCC1. The first-order chi connectivity index (χ1) is 14.5. The van der Waals surface area contributed by atoms with E-state index in [0.29, 0.717) is 25.1 Å². The van der Waals surface area contributed by atoms with Crippen molar-refractivity contribution in [3.05, 3.63) is 53.1 Å². The number of carbonyl (C=O) groups is 1. The fraction of sp³-hybridized carbons (Fsp3) is 0.381. The molecule has 0 amide bonds. The second kappa shape index (κ2) is 8.78. The van der Waals surface area contributed by atoms with Crippen molar-refractivity contribution in [3.63, 3.8) is 0 Å². The van der Waals surface area contributed by atoms with E-state index < -0.39 is 27.7 Å². The van der Waals surface area contributed by atoms with Crippen molar-refractivity contribution in [1.82, 2.24) is 0 Å². The molecule has 3 rings (SSSR count). The van der Waals surface area contributed by atoms with Gasteiger partial charge in [0.05, 0.1) is 27.4 Å². The van der Waals surface area contributed by atoms with E-state index >= 15 is 0 Å². The zero-order chi connectivity index (χ0) is 22.8. The van der Waals surface area contributed by atoms with Gasteiger partial charge in [-0.15, -0.1) is 0 Å². The van der Waals surface area contributed by atoms with Gasteiger partial charge in [0.1, 0.15) is 0 Å². The van der Waals surface area contributed by atoms with Crippen LogP contribution in [-0.2, 0) is 22.6 Å². The number of hydrogen-bond donors (Lipinski definition) is 2. The van der Waals surface area contributed by atoms with Crippen molar-refractivity contribution in [2.24, 2.45) is 0 Å². The average Bonchev–Trinajstić information content (AvgIpc) is 2.73. The van der Waals surface area contributed by atoms with Gasteiger partial charge in [-0.05, 0) is 61.6 Å². The zero-order valence-corrected chi connectivity index (χ0v) is 17.7. The normalized spacial score (nSPS) is 15.0. The first-order valence-electron chi connectivity index (χ1n) is 9.88. The van der Waals surface area contributed by atoms with E-state index in [1.165, 1.54) is 12.1 Å². The Labute approximate surface area is 178 Å². The molecule has 2 aromatic rings. The molecule has 31 heavy (non-hydrogen) atoms. The molecule has 1 fully saturated rings. The van der Waals surface area contributed by atoms with Crippen molar-refractivity contribution in [1.29, 1.82) is 0 Å². The molecule has 6 nitrogen and oxygen atoms in total. The molecule has 10 heteroatoms. The molecule has 0 atom stereocenters. The lowest BCUT2D eigenvalue weighted by atomic mass is 10.1. The van der Waals surface area contributed by atoms with E-state index in [4.69, 9.17) is 0 Å². The number of anilines is 2. The molecule has 0 aliphatic carbocycles. The number of carboxylic acid groups (broad SMARTS) is 1. The molecule has 0 aromatic heterocycles. The summed E-state index contributed by atoms with van der Waals surface area (Å²) in [6, 6.07) is 6.70. The van der Waals surface area contributed by atoms with Crippen LogP contribution in [0.3, 0.4) is 0 Å². The number of sulfonamides is 1. The number of piperidine rings is 1. The Morgan fingerprint density at radius 2 is 1.77 bits per heavy atom. The van der Waals surface area contributed by atoms with Gasteiger partial charge >= 0.3 is 12.1 Å². The fourth-order valence-corrected chi connectivity index (χ4v) is 5.03. The van der Waals surface area contributed by atoms with Gasteiger partial charge in [0.25, 0.3) is 10.0 Å². The Kier molecular flexibility index (Phi) is 6.49. The Morgan fingerprint density at radius 3 is 2.35 bits per heavy atom. The maximum atomic E-state index is 13.3. The number of aromatic carboxylic acids is 1. The second-order valence-electron chi connectivity index (χ2n) is 7.36. The third-order valence-electron chi connectivity index (χ3n) is 5.25. The minimum atomic E-state index is -4.56. The van der Waals surface area contributed by atoms with Gasteiger partial charge in [-0.3, -0.25) is 4.72 Å². The molecule has 1 saturated heterocycles. The van der Waals surface area contributed by atoms with E-state index in [9.17, 15) is 31.5 Å². The standard InChI is InChI=1S/C21H23F3N2O4S/c1-2-14-6-7-15(20(27)28)12-19(14)31(29,30)25-17-9-8-16(21(22,23)24)13-18(17)26-10-4-3-5-11-26/h6-9,12-13,25H,2-5,10-11H2,1H3,(H,27,28). The van der Waals surface area contributed by atoms with Crippen LogP contribution in [-0.4, -0.2) is 32.6 Å². The number of nitrogens with zero attached hydrogens (tertiary/aromatic N) is 1. The smallest absolute Gasteiger partial charge is 0.416 e. The summed E-state index contributed by atoms with van der Waals surface area (Å²) in [6.07, 6.45) is -1.68. The minimum absolute atomic E-state index is 0.0256. The molecule has 2 aromatic carbocycles. The fourth-order valence-electron chi connectivity index (χ4n) is 3.62. The highest BCUT2D eigenvalue weighted by atomic mass is 32.2. The first kappa shape index (κ1) is 22.9. The number of hydrogen-bond acceptors (Lipinski definition) is 4. The summed E-state index contributed by atoms with van der Waals surface area (Å²) in [7, 11) is -4.24. The molecule has 1 aliphatic rings. The molecule has 1 heterocycles. The average molecular weight is 456 g/mol. The first-order valence-corrected chi connectivity index (χ1v) is 11.4. The number of benzene rings is 2. The Morgan fingerprint density at radius 1 is 1.10 bits per heavy atom. The summed E-state index contributed by atoms with van der Waals surface area (Å²) in [6.45, 7) is 2.77. The molecular formula is C21H23F3N2O4S. The summed E-state index contributed by atoms with van der Waals surface area (Å²) in [4.78, 5) is 12.8. The lowest BCUT2D eigenvalue weighted by Gasteiger charge is -2.31. The van der Waals surface area contributed by atoms with Crippen LogP contribution in [0.4, 0.5) is 24.5 Å². The molecule has 0 unspecified atom stereocenters. The molecule has 0 radical (unpaired) electrons. The van der Waals surface area contributed by atoms with E-state index in [1.54, 1.807) is 11.8 Å². The predicted octanol–water partition coefficient (Wildman–Crippen LogP) is 4.76. The highest BCUT2D eigenvalue weighted by Crippen LogP contribution is 2.37. The summed E-state index contributed by atoms with van der Waals surface area (Å²) < 4.78 is 68.5. The van der Waals surface area contributed by atoms with E-state index in [1.807, 2.05) is 0 Å². The third-order valence-corrected chi connectivity index (χ3v) is 6.70. The van der Waals surface area contributed by atoms with E-state index in [2.05, 4.69) is 4.72 Å². The number of aryl methyl sites for hydroxylation is 1. The number of halogens is 3. The van der Waals surface area contributed by atoms with Gasteiger partial charge < -0.3 is 10.0 Å². The summed E-state index contributed by atoms with van der Waals surface area (Å²) >= 11 is 0. The van der Waals surface area contributed by atoms with Crippen molar-refractivity contribution in [3.8, 4) is 0 Å². The van der Waals surface area contributed by atoms with Gasteiger partial charge in [-0.25, -0.2) is 13.2 Å². The summed E-state index contributed by atoms with van der Waals surface area (Å²) in [5.74, 6) is -1.28. The van der Waals surface area contributed by atoms with Crippen LogP contribution in [0.5, 0.6) is 0 Å². The Bertz CT molecular complexity index is 1080. The summed E-state index contributed by atoms with van der Waals surface area (Å²) in [5, 5.41) is 9.22. The maximum Gasteiger partial charge on any atom is 0.416 e. The molecule has 2 N–H and O–H groups in total. The lowest BCUT2D eigenvalue weighted by Crippen LogP contribution is -2.31. The summed E-state index contributed by atoms with van der Waals surface area (Å²) in [5.41, 5.74) is -0.466. The molecule has 0 spiro atoms. The van der Waals surface area contributed by atoms with Gasteiger partial charge in [0.2, 0.25) is 0 Å². The molecule has 0 bridgehead atoms. The van der Waals surface area contributed by atoms with Gasteiger partial charge in [0, 0.05) is 13.1 Å². The van der Waals surface area contributed by atoms with Crippen molar-refractivity contribution < 1.29 is 31.5 Å². The number of alkyl halides is 3. The van der Waals surface area contributed by atoms with Crippen LogP contribution in [0.25, 0.3) is 0 Å². The van der Waals surface area contributed by atoms with Gasteiger partial charge in [-0.1, -0.05) is 13.0 Å². The number of nitrogens with one attached hydrogen (secondary N) is 1. The van der Waals surface area contributed by atoms with Gasteiger partial charge in [-0.2, -0.15) is 13.2 Å². The highest BCUT2D eigenvalue weighted by molar-refractivity contribution is 7.92. The van der Waals surface area contributed by atoms with E-state index in [0.717, 1.165) is 43.5 Å². The van der Waals surface area contributed by atoms with Crippen LogP contribution in [0.2, 0.25) is 0 Å². The Balaban J connectivity index is 2.07. The second-order valence-corrected chi connectivity index (χ2v) is 9.01. The van der Waals surface area contributed by atoms with Crippen LogP contribution in [0.15, 0.2) is 41.3 Å². The number of rotatable bonds is 6. The number of carboxylic acids is 1. The van der Waals surface area contributed by atoms with Crippen LogP contribution in [0, 0.1) is 0 Å². The largest absolute Gasteiger partial charge is 0.478 e. The molecule has 168 valence electrons. The van der Waals surface area contributed by atoms with Crippen molar-refractivity contribution in [2.45, 2.75) is 43.7 Å². The molecule has 1 aliphatic heterocycles. The highest BCUT2D eigenvalue weighted by Gasteiger charge is 2.32. The Hall–Kier alpha value is -2.75. The van der Waals surface area contributed by atoms with Crippen LogP contribution >= 0.6 is 0 Å².